The van der Waals surface area contributed by atoms with E-state index in [0.29, 0.717) is 33.4 Å². The number of aliphatic hydroxyl groups excluding tert-OH is 1. The van der Waals surface area contributed by atoms with Gasteiger partial charge in [-0.2, -0.15) is 0 Å². The van der Waals surface area contributed by atoms with Gasteiger partial charge >= 0.3 is 0 Å². The molecule has 21 heavy (non-hydrogen) atoms. The van der Waals surface area contributed by atoms with Crippen LogP contribution in [-0.4, -0.2) is 16.7 Å². The summed E-state index contributed by atoms with van der Waals surface area (Å²) in [6, 6.07) is 14.0. The van der Waals surface area contributed by atoms with Gasteiger partial charge in [-0.25, -0.2) is 0 Å². The van der Waals surface area contributed by atoms with Crippen molar-refractivity contribution in [2.24, 2.45) is 0 Å². The maximum Gasteiger partial charge on any atom is 0.194 e. The molecule has 0 amide bonds. The Morgan fingerprint density at radius 1 is 0.905 bits per heavy atom. The number of carbonyl (C=O) groups excluding carboxylic acids is 2. The van der Waals surface area contributed by atoms with Gasteiger partial charge in [-0.1, -0.05) is 42.5 Å². The van der Waals surface area contributed by atoms with E-state index >= 15 is 0 Å². The first-order valence-electron chi connectivity index (χ1n) is 6.73. The molecule has 1 aliphatic carbocycles. The van der Waals surface area contributed by atoms with Crippen LogP contribution in [0, 0.1) is 0 Å². The lowest BCUT2D eigenvalue weighted by molar-refractivity contribution is 0.0992. The second-order valence-corrected chi connectivity index (χ2v) is 5.06. The zero-order valence-corrected chi connectivity index (χ0v) is 11.6. The van der Waals surface area contributed by atoms with E-state index in [-0.39, 0.29) is 18.2 Å². The third kappa shape index (κ3) is 2.12. The van der Waals surface area contributed by atoms with Gasteiger partial charge in [0.25, 0.3) is 0 Å². The molecule has 0 saturated heterocycles. The average Bonchev–Trinajstić information content (AvgIpc) is 2.53. The zero-order chi connectivity index (χ0) is 15.0. The molecule has 0 unspecified atom stereocenters. The molecule has 0 atom stereocenters. The fourth-order valence-electron chi connectivity index (χ4n) is 2.67. The SMILES string of the molecule is CC1=C(c2cccc(CO)c2)C(=O)c2ccccc2C1=O. The quantitative estimate of drug-likeness (QED) is 0.918. The highest BCUT2D eigenvalue weighted by molar-refractivity contribution is 6.40. The van der Waals surface area contributed by atoms with Crippen molar-refractivity contribution in [1.82, 2.24) is 0 Å². The van der Waals surface area contributed by atoms with Gasteiger partial charge < -0.3 is 5.11 Å². The van der Waals surface area contributed by atoms with Crippen molar-refractivity contribution in [3.05, 3.63) is 76.4 Å². The maximum atomic E-state index is 12.7. The molecule has 0 bridgehead atoms. The zero-order valence-electron chi connectivity index (χ0n) is 11.6. The minimum absolute atomic E-state index is 0.0983. The third-order valence-electron chi connectivity index (χ3n) is 3.76. The highest BCUT2D eigenvalue weighted by Crippen LogP contribution is 2.32. The molecular formula is C18H14O3. The first-order chi connectivity index (χ1) is 10.1. The molecule has 3 nitrogen and oxygen atoms in total. The first-order valence-corrected chi connectivity index (χ1v) is 6.73. The Hall–Kier alpha value is -2.52. The molecule has 0 radical (unpaired) electrons. The lowest BCUT2D eigenvalue weighted by Crippen LogP contribution is -2.20. The summed E-state index contributed by atoms with van der Waals surface area (Å²) in [6.45, 7) is 1.58. The smallest absolute Gasteiger partial charge is 0.194 e. The fourth-order valence-corrected chi connectivity index (χ4v) is 2.67. The van der Waals surface area contributed by atoms with Crippen LogP contribution in [0.15, 0.2) is 54.1 Å². The summed E-state index contributed by atoms with van der Waals surface area (Å²) in [6.07, 6.45) is 0. The van der Waals surface area contributed by atoms with Crippen molar-refractivity contribution in [3.63, 3.8) is 0 Å². The molecule has 3 rings (SSSR count). The van der Waals surface area contributed by atoms with Crippen molar-refractivity contribution < 1.29 is 14.7 Å². The van der Waals surface area contributed by atoms with Crippen LogP contribution in [0.5, 0.6) is 0 Å². The number of aliphatic hydroxyl groups is 1. The predicted octanol–water partition coefficient (Wildman–Crippen LogP) is 3.03. The number of benzene rings is 2. The number of carbonyl (C=O) groups is 2. The van der Waals surface area contributed by atoms with E-state index < -0.39 is 0 Å². The third-order valence-corrected chi connectivity index (χ3v) is 3.76. The van der Waals surface area contributed by atoms with Crippen LogP contribution in [0.2, 0.25) is 0 Å². The normalized spacial score (nSPS) is 14.4. The van der Waals surface area contributed by atoms with Gasteiger partial charge in [-0.15, -0.1) is 0 Å². The monoisotopic (exact) mass is 278 g/mol. The average molecular weight is 278 g/mol. The number of Topliss-reactive ketones (excluding diaryl/α,β-unsaturated/α-hetero) is 2. The number of hydrogen-bond donors (Lipinski definition) is 1. The summed E-state index contributed by atoms with van der Waals surface area (Å²) in [5.74, 6) is -0.257. The lowest BCUT2D eigenvalue weighted by Gasteiger charge is -2.19. The Bertz CT molecular complexity index is 785. The molecule has 0 spiro atoms. The van der Waals surface area contributed by atoms with Gasteiger partial charge in [0.2, 0.25) is 0 Å². The number of fused-ring (bicyclic) bond motifs is 1. The topological polar surface area (TPSA) is 54.4 Å². The Kier molecular flexibility index (Phi) is 3.28. The maximum absolute atomic E-state index is 12.7. The van der Waals surface area contributed by atoms with Gasteiger partial charge in [0.15, 0.2) is 11.6 Å². The molecular weight excluding hydrogens is 264 g/mol. The Morgan fingerprint density at radius 2 is 1.57 bits per heavy atom. The fraction of sp³-hybridized carbons (Fsp3) is 0.111. The van der Waals surface area contributed by atoms with Crippen LogP contribution in [0.3, 0.4) is 0 Å². The molecule has 0 fully saturated rings. The van der Waals surface area contributed by atoms with Crippen molar-refractivity contribution in [2.75, 3.05) is 0 Å². The van der Waals surface area contributed by atoms with E-state index in [2.05, 4.69) is 0 Å². The van der Waals surface area contributed by atoms with Crippen LogP contribution in [0.25, 0.3) is 5.57 Å². The molecule has 0 saturated carbocycles. The van der Waals surface area contributed by atoms with E-state index in [9.17, 15) is 14.7 Å². The standard InChI is InChI=1S/C18H14O3/c1-11-16(13-6-4-5-12(9-13)10-19)18(21)15-8-3-2-7-14(15)17(11)20/h2-9,19H,10H2,1H3. The Labute approximate surface area is 122 Å². The molecule has 2 aromatic rings. The van der Waals surface area contributed by atoms with Crippen LogP contribution >= 0.6 is 0 Å². The summed E-state index contributed by atoms with van der Waals surface area (Å²) < 4.78 is 0. The number of ketones is 2. The molecule has 0 aromatic heterocycles. The number of allylic oxidation sites excluding steroid dienone is 2. The van der Waals surface area contributed by atoms with Crippen LogP contribution < -0.4 is 0 Å². The number of hydrogen-bond acceptors (Lipinski definition) is 3. The minimum Gasteiger partial charge on any atom is -0.392 e. The van der Waals surface area contributed by atoms with E-state index in [4.69, 9.17) is 0 Å². The second kappa shape index (κ2) is 5.11. The van der Waals surface area contributed by atoms with Crippen molar-refractivity contribution in [3.8, 4) is 0 Å². The van der Waals surface area contributed by atoms with E-state index in [1.165, 1.54) is 0 Å². The van der Waals surface area contributed by atoms with Crippen molar-refractivity contribution in [1.29, 1.82) is 0 Å². The molecule has 3 heteroatoms. The molecule has 0 heterocycles. The van der Waals surface area contributed by atoms with Crippen molar-refractivity contribution in [2.45, 2.75) is 13.5 Å². The molecule has 104 valence electrons. The summed E-state index contributed by atoms with van der Waals surface area (Å²) in [4.78, 5) is 25.1. The van der Waals surface area contributed by atoms with Gasteiger partial charge in [0.1, 0.15) is 0 Å². The van der Waals surface area contributed by atoms with E-state index in [1.54, 1.807) is 55.5 Å². The Balaban J connectivity index is 2.21. The van der Waals surface area contributed by atoms with Crippen LogP contribution in [0.1, 0.15) is 38.8 Å². The molecule has 0 aliphatic heterocycles. The molecule has 1 aliphatic rings. The van der Waals surface area contributed by atoms with Crippen LogP contribution in [-0.2, 0) is 6.61 Å². The summed E-state index contributed by atoms with van der Waals surface area (Å²) >= 11 is 0. The van der Waals surface area contributed by atoms with Gasteiger partial charge in [-0.3, -0.25) is 9.59 Å². The lowest BCUT2D eigenvalue weighted by atomic mass is 9.81. The number of rotatable bonds is 2. The van der Waals surface area contributed by atoms with Gasteiger partial charge in [-0.05, 0) is 24.1 Å². The summed E-state index contributed by atoms with van der Waals surface area (Å²) in [5, 5.41) is 9.23. The second-order valence-electron chi connectivity index (χ2n) is 5.06. The highest BCUT2D eigenvalue weighted by atomic mass is 16.3. The largest absolute Gasteiger partial charge is 0.392 e. The summed E-state index contributed by atoms with van der Waals surface area (Å²) in [7, 11) is 0. The molecule has 1 N–H and O–H groups in total. The first kappa shape index (κ1) is 13.5. The Morgan fingerprint density at radius 3 is 2.24 bits per heavy atom. The van der Waals surface area contributed by atoms with Crippen molar-refractivity contribution >= 4 is 17.1 Å². The van der Waals surface area contributed by atoms with Gasteiger partial charge in [0, 0.05) is 22.3 Å². The van der Waals surface area contributed by atoms with Gasteiger partial charge in [0.05, 0.1) is 6.61 Å². The minimum atomic E-state index is -0.141. The predicted molar refractivity (Wildman–Crippen MR) is 80.1 cm³/mol. The summed E-state index contributed by atoms with van der Waals surface area (Å²) in [5.41, 5.74) is 3.17. The highest BCUT2D eigenvalue weighted by Gasteiger charge is 2.30. The van der Waals surface area contributed by atoms with E-state index in [1.807, 2.05) is 0 Å². The molecule has 2 aromatic carbocycles. The van der Waals surface area contributed by atoms with E-state index in [0.717, 1.165) is 0 Å². The van der Waals surface area contributed by atoms with Crippen LogP contribution in [0.4, 0.5) is 0 Å².